The number of aromatic nitrogens is 1. The molecule has 0 N–H and O–H groups in total. The minimum atomic E-state index is -0.105. The van der Waals surface area contributed by atoms with E-state index in [1.165, 1.54) is 11.1 Å². The third-order valence-corrected chi connectivity index (χ3v) is 5.48. The van der Waals surface area contributed by atoms with Gasteiger partial charge in [0.05, 0.1) is 16.8 Å². The highest BCUT2D eigenvalue weighted by atomic mass is 16.5. The molecule has 2 aliphatic heterocycles. The van der Waals surface area contributed by atoms with Gasteiger partial charge in [-0.2, -0.15) is 0 Å². The highest BCUT2D eigenvalue weighted by Gasteiger charge is 2.35. The normalized spacial score (nSPS) is 16.7. The molecule has 0 aliphatic carbocycles. The number of Topliss-reactive ketones (excluding diaryl/α,β-unsaturated/α-hetero) is 1. The van der Waals surface area contributed by atoms with Crippen LogP contribution in [0.5, 0.6) is 11.5 Å². The minimum absolute atomic E-state index is 0.105. The van der Waals surface area contributed by atoms with Crippen LogP contribution in [0.2, 0.25) is 0 Å². The zero-order chi connectivity index (χ0) is 20.7. The zero-order valence-corrected chi connectivity index (χ0v) is 17.0. The molecule has 0 atom stereocenters. The van der Waals surface area contributed by atoms with Crippen LogP contribution in [0.25, 0.3) is 6.08 Å². The molecule has 0 saturated carbocycles. The number of rotatable bonds is 3. The molecule has 0 fully saturated rings. The number of ether oxygens (including phenoxy) is 2. The molecule has 150 valence electrons. The molecule has 0 radical (unpaired) electrons. The Hall–Kier alpha value is -3.44. The van der Waals surface area contributed by atoms with Gasteiger partial charge in [0.25, 0.3) is 0 Å². The van der Waals surface area contributed by atoms with Gasteiger partial charge in [-0.3, -0.25) is 14.7 Å². The minimum Gasteiger partial charge on any atom is -0.478 e. The lowest BCUT2D eigenvalue weighted by molar-refractivity contribution is 0.0872. The fourth-order valence-electron chi connectivity index (χ4n) is 3.92. The van der Waals surface area contributed by atoms with Gasteiger partial charge in [0.2, 0.25) is 5.78 Å². The summed E-state index contributed by atoms with van der Waals surface area (Å²) in [6, 6.07) is 16.0. The summed E-state index contributed by atoms with van der Waals surface area (Å²) in [7, 11) is 0. The molecule has 1 aromatic heterocycles. The second kappa shape index (κ2) is 7.43. The third kappa shape index (κ3) is 3.37. The van der Waals surface area contributed by atoms with Crippen molar-refractivity contribution in [3.05, 3.63) is 94.0 Å². The molecular weight excluding hydrogens is 376 g/mol. The molecular formula is C25H22N2O3. The number of aryl methyl sites for hydroxylation is 2. The fourth-order valence-corrected chi connectivity index (χ4v) is 3.92. The quantitative estimate of drug-likeness (QED) is 0.600. The van der Waals surface area contributed by atoms with Crippen LogP contribution >= 0.6 is 0 Å². The molecule has 2 aliphatic rings. The van der Waals surface area contributed by atoms with Gasteiger partial charge in [-0.1, -0.05) is 35.9 Å². The first-order valence-corrected chi connectivity index (χ1v) is 10.0. The van der Waals surface area contributed by atoms with E-state index in [0.717, 1.165) is 23.4 Å². The molecule has 5 nitrogen and oxygen atoms in total. The van der Waals surface area contributed by atoms with Gasteiger partial charge >= 0.3 is 0 Å². The van der Waals surface area contributed by atoms with Crippen LogP contribution in [-0.4, -0.2) is 22.4 Å². The Balaban J connectivity index is 1.46. The Morgan fingerprint density at radius 3 is 2.73 bits per heavy atom. The average Bonchev–Trinajstić information content (AvgIpc) is 3.08. The predicted molar refractivity (Wildman–Crippen MR) is 114 cm³/mol. The van der Waals surface area contributed by atoms with Crippen molar-refractivity contribution in [1.29, 1.82) is 0 Å². The second-order valence-electron chi connectivity index (χ2n) is 7.81. The summed E-state index contributed by atoms with van der Waals surface area (Å²) < 4.78 is 12.1. The lowest BCUT2D eigenvalue weighted by atomic mass is 9.98. The summed E-state index contributed by atoms with van der Waals surface area (Å²) in [5.74, 6) is 1.60. The van der Waals surface area contributed by atoms with E-state index in [0.29, 0.717) is 36.0 Å². The van der Waals surface area contributed by atoms with E-state index in [-0.39, 0.29) is 5.78 Å². The Bertz CT molecular complexity index is 1150. The number of carbonyl (C=O) groups excluding carboxylic acids is 1. The largest absolute Gasteiger partial charge is 0.478 e. The molecule has 2 aromatic carbocycles. The third-order valence-electron chi connectivity index (χ3n) is 5.48. The first kappa shape index (κ1) is 18.6. The van der Waals surface area contributed by atoms with Gasteiger partial charge < -0.3 is 9.47 Å². The molecule has 30 heavy (non-hydrogen) atoms. The van der Waals surface area contributed by atoms with E-state index in [9.17, 15) is 4.79 Å². The number of pyridine rings is 1. The van der Waals surface area contributed by atoms with E-state index >= 15 is 0 Å². The lowest BCUT2D eigenvalue weighted by Gasteiger charge is -2.30. The van der Waals surface area contributed by atoms with E-state index in [1.54, 1.807) is 12.3 Å². The highest BCUT2D eigenvalue weighted by molar-refractivity contribution is 6.15. The van der Waals surface area contributed by atoms with Gasteiger partial charge in [-0.05, 0) is 43.2 Å². The number of hydrogen-bond donors (Lipinski definition) is 0. The van der Waals surface area contributed by atoms with Crippen molar-refractivity contribution in [1.82, 2.24) is 9.88 Å². The number of carbonyl (C=O) groups is 1. The van der Waals surface area contributed by atoms with Crippen molar-refractivity contribution in [3.63, 3.8) is 0 Å². The SMILES string of the molecule is Cc1ccc(CN2COc3cc(C)c4c(c3C2)O/C(=C\c2ccccn2)C4=O)cc1. The van der Waals surface area contributed by atoms with Crippen molar-refractivity contribution in [2.75, 3.05) is 6.73 Å². The van der Waals surface area contributed by atoms with Crippen molar-refractivity contribution in [2.24, 2.45) is 0 Å². The van der Waals surface area contributed by atoms with Crippen molar-refractivity contribution < 1.29 is 14.3 Å². The van der Waals surface area contributed by atoms with Gasteiger partial charge in [0.1, 0.15) is 18.2 Å². The smallest absolute Gasteiger partial charge is 0.232 e. The monoisotopic (exact) mass is 398 g/mol. The Morgan fingerprint density at radius 2 is 1.97 bits per heavy atom. The maximum absolute atomic E-state index is 13.0. The molecule has 5 rings (SSSR count). The summed E-state index contributed by atoms with van der Waals surface area (Å²) in [5, 5.41) is 0. The first-order chi connectivity index (χ1) is 14.6. The summed E-state index contributed by atoms with van der Waals surface area (Å²) in [5.41, 5.74) is 5.57. The Morgan fingerprint density at radius 1 is 1.13 bits per heavy atom. The first-order valence-electron chi connectivity index (χ1n) is 10.0. The summed E-state index contributed by atoms with van der Waals surface area (Å²) in [6.45, 7) is 5.94. The van der Waals surface area contributed by atoms with Crippen LogP contribution in [0.4, 0.5) is 0 Å². The lowest BCUT2D eigenvalue weighted by Crippen LogP contribution is -2.31. The summed E-state index contributed by atoms with van der Waals surface area (Å²) >= 11 is 0. The molecule has 5 heteroatoms. The van der Waals surface area contributed by atoms with Crippen LogP contribution < -0.4 is 9.47 Å². The van der Waals surface area contributed by atoms with Crippen LogP contribution in [0.15, 0.2) is 60.5 Å². The van der Waals surface area contributed by atoms with E-state index in [1.807, 2.05) is 31.2 Å². The average molecular weight is 398 g/mol. The number of benzene rings is 2. The van der Waals surface area contributed by atoms with E-state index < -0.39 is 0 Å². The molecule has 0 unspecified atom stereocenters. The number of nitrogens with zero attached hydrogens (tertiary/aromatic N) is 2. The number of hydrogen-bond acceptors (Lipinski definition) is 5. The molecule has 0 bridgehead atoms. The number of ketones is 1. The maximum Gasteiger partial charge on any atom is 0.232 e. The Labute approximate surface area is 175 Å². The van der Waals surface area contributed by atoms with Crippen LogP contribution in [0.1, 0.15) is 38.3 Å². The van der Waals surface area contributed by atoms with E-state index in [4.69, 9.17) is 9.47 Å². The van der Waals surface area contributed by atoms with Crippen LogP contribution in [-0.2, 0) is 13.1 Å². The summed E-state index contributed by atoms with van der Waals surface area (Å²) in [4.78, 5) is 19.5. The fraction of sp³-hybridized carbons (Fsp3) is 0.200. The van der Waals surface area contributed by atoms with Crippen molar-refractivity contribution in [2.45, 2.75) is 26.9 Å². The van der Waals surface area contributed by atoms with Crippen molar-refractivity contribution >= 4 is 11.9 Å². The molecule has 0 amide bonds. The topological polar surface area (TPSA) is 51.7 Å². The number of fused-ring (bicyclic) bond motifs is 3. The van der Waals surface area contributed by atoms with E-state index in [2.05, 4.69) is 41.1 Å². The standard InChI is InChI=1S/C25H22N2O3/c1-16-6-8-18(9-7-16)13-27-14-20-21(29-15-27)11-17(2)23-24(28)22(30-25(20)23)12-19-5-3-4-10-26-19/h3-12H,13-15H2,1-2H3/b22-12-. The Kier molecular flexibility index (Phi) is 4.60. The molecule has 3 aromatic rings. The molecule has 3 heterocycles. The predicted octanol–water partition coefficient (Wildman–Crippen LogP) is 4.67. The van der Waals surface area contributed by atoms with Gasteiger partial charge in [-0.15, -0.1) is 0 Å². The van der Waals surface area contributed by atoms with Gasteiger partial charge in [0, 0.05) is 25.4 Å². The van der Waals surface area contributed by atoms with Crippen molar-refractivity contribution in [3.8, 4) is 11.5 Å². The maximum atomic E-state index is 13.0. The molecule has 0 spiro atoms. The zero-order valence-electron chi connectivity index (χ0n) is 17.0. The van der Waals surface area contributed by atoms with Gasteiger partial charge in [0.15, 0.2) is 5.76 Å². The second-order valence-corrected chi connectivity index (χ2v) is 7.81. The van der Waals surface area contributed by atoms with Gasteiger partial charge in [-0.25, -0.2) is 0 Å². The van der Waals surface area contributed by atoms with Crippen LogP contribution in [0, 0.1) is 13.8 Å². The highest BCUT2D eigenvalue weighted by Crippen LogP contribution is 2.44. The number of allylic oxidation sites excluding steroid dienone is 1. The summed E-state index contributed by atoms with van der Waals surface area (Å²) in [6.07, 6.45) is 3.39. The molecule has 0 saturated heterocycles. The van der Waals surface area contributed by atoms with Crippen LogP contribution in [0.3, 0.4) is 0 Å².